The second-order valence-electron chi connectivity index (χ2n) is 4.05. The summed E-state index contributed by atoms with van der Waals surface area (Å²) in [5, 5.41) is 2.32. The van der Waals surface area contributed by atoms with Crippen molar-refractivity contribution in [1.29, 1.82) is 0 Å². The van der Waals surface area contributed by atoms with Crippen LogP contribution in [0.4, 0.5) is 8.78 Å². The van der Waals surface area contributed by atoms with E-state index in [1.807, 2.05) is 0 Å². The maximum absolute atomic E-state index is 13.5. The highest BCUT2D eigenvalue weighted by Gasteiger charge is 2.33. The molecule has 0 aliphatic carbocycles. The van der Waals surface area contributed by atoms with Gasteiger partial charge < -0.3 is 5.32 Å². The van der Waals surface area contributed by atoms with Crippen molar-refractivity contribution >= 4 is 9.84 Å². The number of sulfone groups is 1. The number of rotatable bonds is 2. The fraction of sp³-hybridized carbons (Fsp3) is 0.455. The summed E-state index contributed by atoms with van der Waals surface area (Å²) in [6.45, 7) is 1.11. The third-order valence-electron chi connectivity index (χ3n) is 2.93. The van der Waals surface area contributed by atoms with E-state index < -0.39 is 31.6 Å². The SMILES string of the molecule is O=S(=O)(c1c(F)cccc1F)C1CCNCC1. The molecule has 3 nitrogen and oxygen atoms in total. The minimum Gasteiger partial charge on any atom is -0.317 e. The largest absolute Gasteiger partial charge is 0.317 e. The molecule has 0 saturated carbocycles. The zero-order valence-electron chi connectivity index (χ0n) is 9.12. The predicted octanol–water partition coefficient (Wildman–Crippen LogP) is 1.49. The van der Waals surface area contributed by atoms with E-state index in [0.29, 0.717) is 25.9 Å². The molecular weight excluding hydrogens is 248 g/mol. The fourth-order valence-corrected chi connectivity index (χ4v) is 3.90. The van der Waals surface area contributed by atoms with Crippen molar-refractivity contribution in [2.24, 2.45) is 0 Å². The molecule has 0 amide bonds. The first kappa shape index (κ1) is 12.4. The van der Waals surface area contributed by atoms with Crippen molar-refractivity contribution in [2.45, 2.75) is 23.0 Å². The lowest BCUT2D eigenvalue weighted by molar-refractivity contribution is 0.479. The Labute approximate surface area is 98.8 Å². The van der Waals surface area contributed by atoms with Crippen LogP contribution >= 0.6 is 0 Å². The van der Waals surface area contributed by atoms with Crippen LogP contribution in [0.15, 0.2) is 23.1 Å². The lowest BCUT2D eigenvalue weighted by Gasteiger charge is -2.23. The molecule has 1 fully saturated rings. The Morgan fingerprint density at radius 3 is 2.18 bits per heavy atom. The smallest absolute Gasteiger partial charge is 0.187 e. The van der Waals surface area contributed by atoms with E-state index in [1.54, 1.807) is 0 Å². The molecule has 1 heterocycles. The van der Waals surface area contributed by atoms with Gasteiger partial charge in [-0.25, -0.2) is 17.2 Å². The van der Waals surface area contributed by atoms with Gasteiger partial charge in [0.25, 0.3) is 0 Å². The number of nitrogens with one attached hydrogen (secondary N) is 1. The van der Waals surface area contributed by atoms with E-state index >= 15 is 0 Å². The Kier molecular flexibility index (Phi) is 3.44. The van der Waals surface area contributed by atoms with Gasteiger partial charge in [0.05, 0.1) is 5.25 Å². The molecule has 1 aliphatic rings. The second-order valence-corrected chi connectivity index (χ2v) is 6.21. The highest BCUT2D eigenvalue weighted by Crippen LogP contribution is 2.26. The fourth-order valence-electron chi connectivity index (χ4n) is 2.03. The molecule has 0 aromatic heterocycles. The quantitative estimate of drug-likeness (QED) is 0.877. The minimum atomic E-state index is -3.91. The summed E-state index contributed by atoms with van der Waals surface area (Å²) in [6.07, 6.45) is 0.770. The molecule has 1 aliphatic heterocycles. The van der Waals surface area contributed by atoms with Crippen LogP contribution in [0.1, 0.15) is 12.8 Å². The summed E-state index contributed by atoms with van der Waals surface area (Å²) in [4.78, 5) is -0.785. The number of piperidine rings is 1. The van der Waals surface area contributed by atoms with Gasteiger partial charge in [0.15, 0.2) is 9.84 Å². The van der Waals surface area contributed by atoms with Crippen LogP contribution in [0, 0.1) is 11.6 Å². The molecule has 0 radical (unpaired) electrons. The lowest BCUT2D eigenvalue weighted by atomic mass is 10.2. The van der Waals surface area contributed by atoms with Crippen molar-refractivity contribution in [3.63, 3.8) is 0 Å². The summed E-state index contributed by atoms with van der Waals surface area (Å²) in [6, 6.07) is 3.10. The maximum Gasteiger partial charge on any atom is 0.187 e. The van der Waals surface area contributed by atoms with Crippen LogP contribution in [0.25, 0.3) is 0 Å². The molecule has 1 N–H and O–H groups in total. The standard InChI is InChI=1S/C11H13F2NO2S/c12-9-2-1-3-10(13)11(9)17(15,16)8-4-6-14-7-5-8/h1-3,8,14H,4-7H2. The summed E-state index contributed by atoms with van der Waals surface area (Å²) < 4.78 is 51.2. The molecule has 1 saturated heterocycles. The average Bonchev–Trinajstić information content (AvgIpc) is 2.29. The van der Waals surface area contributed by atoms with Crippen molar-refractivity contribution in [1.82, 2.24) is 5.32 Å². The van der Waals surface area contributed by atoms with Gasteiger partial charge in [-0.1, -0.05) is 6.07 Å². The van der Waals surface area contributed by atoms with E-state index in [0.717, 1.165) is 18.2 Å². The maximum atomic E-state index is 13.5. The molecule has 1 aromatic rings. The number of hydrogen-bond acceptors (Lipinski definition) is 3. The zero-order valence-corrected chi connectivity index (χ0v) is 9.93. The Balaban J connectivity index is 2.44. The van der Waals surface area contributed by atoms with Crippen LogP contribution < -0.4 is 5.32 Å². The summed E-state index contributed by atoms with van der Waals surface area (Å²) in [5.74, 6) is -2.02. The summed E-state index contributed by atoms with van der Waals surface area (Å²) in [5.41, 5.74) is 0. The Morgan fingerprint density at radius 1 is 1.12 bits per heavy atom. The Bertz CT molecular complexity index is 490. The summed E-state index contributed by atoms with van der Waals surface area (Å²) in [7, 11) is -3.91. The van der Waals surface area contributed by atoms with E-state index in [2.05, 4.69) is 5.32 Å². The van der Waals surface area contributed by atoms with Gasteiger partial charge in [-0.2, -0.15) is 0 Å². The molecule has 2 rings (SSSR count). The van der Waals surface area contributed by atoms with Gasteiger partial charge in [0.1, 0.15) is 16.5 Å². The monoisotopic (exact) mass is 261 g/mol. The summed E-state index contributed by atoms with van der Waals surface area (Å²) >= 11 is 0. The first-order chi connectivity index (χ1) is 8.03. The van der Waals surface area contributed by atoms with E-state index in [1.165, 1.54) is 0 Å². The van der Waals surface area contributed by atoms with Crippen LogP contribution in [-0.4, -0.2) is 26.8 Å². The zero-order chi connectivity index (χ0) is 12.5. The van der Waals surface area contributed by atoms with Crippen molar-refractivity contribution in [3.05, 3.63) is 29.8 Å². The first-order valence-corrected chi connectivity index (χ1v) is 6.97. The first-order valence-electron chi connectivity index (χ1n) is 5.42. The van der Waals surface area contributed by atoms with Gasteiger partial charge in [0.2, 0.25) is 0 Å². The minimum absolute atomic E-state index is 0.385. The molecule has 0 bridgehead atoms. The van der Waals surface area contributed by atoms with Crippen LogP contribution in [-0.2, 0) is 9.84 Å². The second kappa shape index (κ2) is 4.70. The molecule has 94 valence electrons. The van der Waals surface area contributed by atoms with Crippen LogP contribution in [0.2, 0.25) is 0 Å². The lowest BCUT2D eigenvalue weighted by Crippen LogP contribution is -2.36. The number of benzene rings is 1. The van der Waals surface area contributed by atoms with Gasteiger partial charge in [-0.15, -0.1) is 0 Å². The number of halogens is 2. The third-order valence-corrected chi connectivity index (χ3v) is 5.24. The van der Waals surface area contributed by atoms with E-state index in [9.17, 15) is 17.2 Å². The third kappa shape index (κ3) is 2.32. The molecule has 0 atom stereocenters. The predicted molar refractivity (Wildman–Crippen MR) is 59.4 cm³/mol. The number of hydrogen-bond donors (Lipinski definition) is 1. The highest BCUT2D eigenvalue weighted by atomic mass is 32.2. The molecule has 1 aromatic carbocycles. The van der Waals surface area contributed by atoms with Crippen molar-refractivity contribution < 1.29 is 17.2 Å². The molecule has 0 unspecified atom stereocenters. The average molecular weight is 261 g/mol. The van der Waals surface area contributed by atoms with Gasteiger partial charge in [0, 0.05) is 0 Å². The van der Waals surface area contributed by atoms with Gasteiger partial charge >= 0.3 is 0 Å². The van der Waals surface area contributed by atoms with Crippen LogP contribution in [0.5, 0.6) is 0 Å². The molecular formula is C11H13F2NO2S. The molecule has 6 heteroatoms. The topological polar surface area (TPSA) is 46.2 Å². The molecule has 0 spiro atoms. The Morgan fingerprint density at radius 2 is 1.65 bits per heavy atom. The Hall–Kier alpha value is -1.01. The van der Waals surface area contributed by atoms with Crippen molar-refractivity contribution in [2.75, 3.05) is 13.1 Å². The van der Waals surface area contributed by atoms with Crippen molar-refractivity contribution in [3.8, 4) is 0 Å². The van der Waals surface area contributed by atoms with Crippen LogP contribution in [0.3, 0.4) is 0 Å². The molecule has 17 heavy (non-hydrogen) atoms. The normalized spacial score (nSPS) is 18.2. The van der Waals surface area contributed by atoms with E-state index in [-0.39, 0.29) is 0 Å². The van der Waals surface area contributed by atoms with Gasteiger partial charge in [-0.05, 0) is 38.1 Å². The van der Waals surface area contributed by atoms with Gasteiger partial charge in [-0.3, -0.25) is 0 Å². The van der Waals surface area contributed by atoms with E-state index in [4.69, 9.17) is 0 Å². The highest BCUT2D eigenvalue weighted by molar-refractivity contribution is 7.92.